The highest BCUT2D eigenvalue weighted by molar-refractivity contribution is 5.68. The first-order valence-electron chi connectivity index (χ1n) is 12.6. The van der Waals surface area contributed by atoms with E-state index in [1.807, 2.05) is 6.92 Å². The molecule has 0 aliphatic carbocycles. The van der Waals surface area contributed by atoms with Crippen LogP contribution in [-0.2, 0) is 18.9 Å². The summed E-state index contributed by atoms with van der Waals surface area (Å²) in [5, 5.41) is 12.4. The second-order valence-corrected chi connectivity index (χ2v) is 9.74. The Morgan fingerprint density at radius 1 is 0.949 bits per heavy atom. The third-order valence-electron chi connectivity index (χ3n) is 5.56. The van der Waals surface area contributed by atoms with Crippen LogP contribution in [0.1, 0.15) is 49.5 Å². The van der Waals surface area contributed by atoms with Gasteiger partial charge in [-0.2, -0.15) is 0 Å². The Labute approximate surface area is 230 Å². The van der Waals surface area contributed by atoms with Crippen LogP contribution in [0.5, 0.6) is 23.0 Å². The van der Waals surface area contributed by atoms with E-state index in [1.54, 1.807) is 65.3 Å². The summed E-state index contributed by atoms with van der Waals surface area (Å²) in [5.74, 6) is 1.90. The van der Waals surface area contributed by atoms with Crippen molar-refractivity contribution in [1.29, 1.82) is 0 Å². The number of alkyl carbamates (subject to hydrolysis) is 1. The lowest BCUT2D eigenvalue weighted by Crippen LogP contribution is -2.36. The number of carbonyl (C=O) groups excluding carboxylic acids is 1. The van der Waals surface area contributed by atoms with Crippen molar-refractivity contribution in [2.45, 2.75) is 45.4 Å². The van der Waals surface area contributed by atoms with E-state index in [0.29, 0.717) is 47.3 Å². The molecule has 0 aliphatic heterocycles. The van der Waals surface area contributed by atoms with Gasteiger partial charge in [-0.15, -0.1) is 0 Å². The molecule has 4 N–H and O–H groups in total. The number of amides is 1. The molecular formula is C28H42N2O9. The molecule has 39 heavy (non-hydrogen) atoms. The number of carbonyl (C=O) groups is 1. The first-order chi connectivity index (χ1) is 18.5. The van der Waals surface area contributed by atoms with Crippen molar-refractivity contribution in [2.75, 3.05) is 54.5 Å². The quantitative estimate of drug-likeness (QED) is 0.220. The van der Waals surface area contributed by atoms with Gasteiger partial charge in [0.05, 0.1) is 52.7 Å². The van der Waals surface area contributed by atoms with E-state index in [1.165, 1.54) is 7.11 Å². The summed E-state index contributed by atoms with van der Waals surface area (Å²) in [6, 6.07) is 7.60. The highest BCUT2D eigenvalue weighted by atomic mass is 16.7. The number of nitrogens with one attached hydrogen (secondary N) is 1. The maximum atomic E-state index is 12.6. The molecule has 2 rings (SSSR count). The number of aliphatic hydroxyl groups is 1. The van der Waals surface area contributed by atoms with Gasteiger partial charge < -0.3 is 49.3 Å². The van der Waals surface area contributed by atoms with Gasteiger partial charge in [-0.1, -0.05) is 6.07 Å². The lowest BCUT2D eigenvalue weighted by atomic mass is 10.0. The van der Waals surface area contributed by atoms with Crippen LogP contribution in [0.4, 0.5) is 4.79 Å². The molecular weight excluding hydrogens is 508 g/mol. The molecule has 0 aromatic heterocycles. The van der Waals surface area contributed by atoms with Crippen molar-refractivity contribution in [3.05, 3.63) is 47.0 Å². The smallest absolute Gasteiger partial charge is 0.408 e. The summed E-state index contributed by atoms with van der Waals surface area (Å²) >= 11 is 0. The van der Waals surface area contributed by atoms with Gasteiger partial charge in [0.25, 0.3) is 0 Å². The fourth-order valence-corrected chi connectivity index (χ4v) is 3.53. The van der Waals surface area contributed by atoms with Crippen molar-refractivity contribution in [2.24, 2.45) is 5.73 Å². The lowest BCUT2D eigenvalue weighted by Gasteiger charge is -2.24. The van der Waals surface area contributed by atoms with Crippen molar-refractivity contribution in [1.82, 2.24) is 5.32 Å². The number of benzene rings is 2. The average Bonchev–Trinajstić information content (AvgIpc) is 2.89. The van der Waals surface area contributed by atoms with Crippen LogP contribution in [-0.4, -0.2) is 71.4 Å². The molecule has 2 atom stereocenters. The molecule has 1 amide bonds. The predicted molar refractivity (Wildman–Crippen MR) is 146 cm³/mol. The van der Waals surface area contributed by atoms with Crippen LogP contribution in [0.3, 0.4) is 0 Å². The summed E-state index contributed by atoms with van der Waals surface area (Å²) in [6.07, 6.45) is -0.596. The SMILES string of the molecule is COCCOCOC[C@H](NC(=O)OC(C)(C)C)c1ccc(OC)c(Oc2cc([C@H](N)CO)cc(OC)c2C)c1. The van der Waals surface area contributed by atoms with E-state index in [0.717, 1.165) is 5.56 Å². The van der Waals surface area contributed by atoms with Gasteiger partial charge in [-0.05, 0) is 63.1 Å². The molecule has 2 aromatic rings. The summed E-state index contributed by atoms with van der Waals surface area (Å²) in [4.78, 5) is 12.6. The monoisotopic (exact) mass is 550 g/mol. The number of ether oxygens (including phenoxy) is 7. The maximum Gasteiger partial charge on any atom is 0.408 e. The Hall–Kier alpha value is -3.09. The summed E-state index contributed by atoms with van der Waals surface area (Å²) < 4.78 is 38.8. The van der Waals surface area contributed by atoms with Crippen LogP contribution < -0.4 is 25.3 Å². The van der Waals surface area contributed by atoms with E-state index < -0.39 is 23.8 Å². The predicted octanol–water partition coefficient (Wildman–Crippen LogP) is 4.00. The van der Waals surface area contributed by atoms with Crippen LogP contribution in [0.25, 0.3) is 0 Å². The third-order valence-corrected chi connectivity index (χ3v) is 5.56. The van der Waals surface area contributed by atoms with Crippen molar-refractivity contribution >= 4 is 6.09 Å². The molecule has 0 radical (unpaired) electrons. The third kappa shape index (κ3) is 10.2. The van der Waals surface area contributed by atoms with Gasteiger partial charge >= 0.3 is 6.09 Å². The number of nitrogens with two attached hydrogens (primary N) is 1. The average molecular weight is 551 g/mol. The Morgan fingerprint density at radius 3 is 2.23 bits per heavy atom. The molecule has 0 saturated carbocycles. The van der Waals surface area contributed by atoms with E-state index >= 15 is 0 Å². The Bertz CT molecular complexity index is 1060. The van der Waals surface area contributed by atoms with Crippen molar-refractivity contribution in [3.8, 4) is 23.0 Å². The van der Waals surface area contributed by atoms with Crippen molar-refractivity contribution in [3.63, 3.8) is 0 Å². The largest absolute Gasteiger partial charge is 0.496 e. The fraction of sp³-hybridized carbons (Fsp3) is 0.536. The van der Waals surface area contributed by atoms with Gasteiger partial charge in [-0.25, -0.2) is 4.79 Å². The van der Waals surface area contributed by atoms with E-state index in [-0.39, 0.29) is 20.0 Å². The molecule has 11 heteroatoms. The molecule has 0 bridgehead atoms. The summed E-state index contributed by atoms with van der Waals surface area (Å²) in [7, 11) is 4.67. The Kier molecular flexibility index (Phi) is 12.8. The highest BCUT2D eigenvalue weighted by Gasteiger charge is 2.23. The number of methoxy groups -OCH3 is 3. The molecule has 0 saturated heterocycles. The zero-order valence-electron chi connectivity index (χ0n) is 23.9. The minimum Gasteiger partial charge on any atom is -0.496 e. The van der Waals surface area contributed by atoms with Gasteiger partial charge in [0.1, 0.15) is 23.9 Å². The van der Waals surface area contributed by atoms with Crippen molar-refractivity contribution < 1.29 is 43.1 Å². The van der Waals surface area contributed by atoms with Crippen LogP contribution >= 0.6 is 0 Å². The normalized spacial score (nSPS) is 12.9. The second-order valence-electron chi connectivity index (χ2n) is 9.74. The number of aliphatic hydroxyl groups excluding tert-OH is 1. The van der Waals surface area contributed by atoms with Gasteiger partial charge in [0.15, 0.2) is 11.5 Å². The number of hydrogen-bond donors (Lipinski definition) is 3. The Morgan fingerprint density at radius 2 is 1.62 bits per heavy atom. The molecule has 11 nitrogen and oxygen atoms in total. The molecule has 218 valence electrons. The van der Waals surface area contributed by atoms with Gasteiger partial charge in [-0.3, -0.25) is 0 Å². The minimum absolute atomic E-state index is 0.0201. The zero-order valence-corrected chi connectivity index (χ0v) is 23.9. The van der Waals surface area contributed by atoms with Gasteiger partial charge in [0, 0.05) is 12.7 Å². The first kappa shape index (κ1) is 32.1. The molecule has 0 fully saturated rings. The maximum absolute atomic E-state index is 12.6. The number of hydrogen-bond acceptors (Lipinski definition) is 10. The fourth-order valence-electron chi connectivity index (χ4n) is 3.53. The van der Waals surface area contributed by atoms with Crippen LogP contribution in [0, 0.1) is 6.92 Å². The van der Waals surface area contributed by atoms with E-state index in [4.69, 9.17) is 38.9 Å². The highest BCUT2D eigenvalue weighted by Crippen LogP contribution is 2.39. The number of rotatable bonds is 15. The van der Waals surface area contributed by atoms with E-state index in [2.05, 4.69) is 5.32 Å². The zero-order chi connectivity index (χ0) is 29.0. The van der Waals surface area contributed by atoms with E-state index in [9.17, 15) is 9.90 Å². The molecule has 0 aliphatic rings. The lowest BCUT2D eigenvalue weighted by molar-refractivity contribution is -0.0713. The molecule has 0 heterocycles. The summed E-state index contributed by atoms with van der Waals surface area (Å²) in [6.45, 7) is 7.91. The molecule has 2 aromatic carbocycles. The topological polar surface area (TPSA) is 140 Å². The second kappa shape index (κ2) is 15.5. The Balaban J connectivity index is 2.38. The minimum atomic E-state index is -0.677. The van der Waals surface area contributed by atoms with Gasteiger partial charge in [0.2, 0.25) is 0 Å². The first-order valence-corrected chi connectivity index (χ1v) is 12.6. The van der Waals surface area contributed by atoms with Crippen LogP contribution in [0.2, 0.25) is 0 Å². The standard InChI is InChI=1S/C28H42N2O9/c1-18-24(35-7)13-20(21(29)15-31)14-25(18)38-26-12-19(8-9-23(26)34-6)22(16-37-17-36-11-10-33-5)30-27(32)39-28(2,3)4/h8-9,12-14,21-22,31H,10-11,15-17,29H2,1-7H3,(H,30,32)/t21-,22+/m1/s1. The van der Waals surface area contributed by atoms with Crippen LogP contribution in [0.15, 0.2) is 30.3 Å². The molecule has 0 spiro atoms. The molecule has 0 unspecified atom stereocenters. The summed E-state index contributed by atoms with van der Waals surface area (Å²) in [5.41, 5.74) is 7.45.